The van der Waals surface area contributed by atoms with Gasteiger partial charge in [0.05, 0.1) is 5.69 Å². The molecule has 0 fully saturated rings. The molecule has 2 heterocycles. The predicted octanol–water partition coefficient (Wildman–Crippen LogP) is 4.88. The van der Waals surface area contributed by atoms with E-state index in [0.29, 0.717) is 11.9 Å². The van der Waals surface area contributed by atoms with Gasteiger partial charge in [-0.05, 0) is 18.1 Å². The minimum absolute atomic E-state index is 0.400. The van der Waals surface area contributed by atoms with Crippen molar-refractivity contribution in [1.29, 1.82) is 0 Å². The Kier molecular flexibility index (Phi) is 4.03. The fourth-order valence-corrected chi connectivity index (χ4v) is 3.56. The summed E-state index contributed by atoms with van der Waals surface area (Å²) in [6.45, 7) is 1.96. The first-order chi connectivity index (χ1) is 12.2. The molecule has 0 spiro atoms. The Balaban J connectivity index is 1.65. The number of anilines is 1. The van der Waals surface area contributed by atoms with Gasteiger partial charge in [0.1, 0.15) is 9.88 Å². The van der Waals surface area contributed by atoms with Crippen LogP contribution in [0.15, 0.2) is 59.0 Å². The zero-order chi connectivity index (χ0) is 17.2. The molecule has 0 amide bonds. The van der Waals surface area contributed by atoms with Gasteiger partial charge in [-0.1, -0.05) is 59.7 Å². The number of rotatable bonds is 4. The monoisotopic (exact) mass is 348 g/mol. The Hall–Kier alpha value is -2.99. The molecule has 0 aliphatic rings. The lowest BCUT2D eigenvalue weighted by molar-refractivity contribution is 0.586. The number of aryl methyl sites for hydroxylation is 1. The summed E-state index contributed by atoms with van der Waals surface area (Å²) in [5, 5.41) is 11.8. The highest BCUT2D eigenvalue weighted by Gasteiger charge is 2.16. The van der Waals surface area contributed by atoms with E-state index in [1.807, 2.05) is 25.1 Å². The van der Waals surface area contributed by atoms with Crippen molar-refractivity contribution in [3.8, 4) is 32.5 Å². The van der Waals surface area contributed by atoms with Gasteiger partial charge in [0.2, 0.25) is 0 Å². The van der Waals surface area contributed by atoms with Crippen LogP contribution >= 0.6 is 11.3 Å². The summed E-state index contributed by atoms with van der Waals surface area (Å²) in [6.07, 6.45) is 0. The molecule has 4 rings (SSSR count). The van der Waals surface area contributed by atoms with Gasteiger partial charge in [0, 0.05) is 12.6 Å². The van der Waals surface area contributed by atoms with Crippen LogP contribution in [0.2, 0.25) is 0 Å². The maximum absolute atomic E-state index is 5.56. The van der Waals surface area contributed by atoms with Gasteiger partial charge in [-0.3, -0.25) is 0 Å². The fourth-order valence-electron chi connectivity index (χ4n) is 2.57. The maximum Gasteiger partial charge on any atom is 0.315 e. The minimum atomic E-state index is 0.400. The van der Waals surface area contributed by atoms with Crippen LogP contribution in [0.4, 0.5) is 6.01 Å². The van der Waals surface area contributed by atoms with E-state index in [1.165, 1.54) is 11.1 Å². The van der Waals surface area contributed by atoms with Crippen LogP contribution in [0.1, 0.15) is 5.69 Å². The molecule has 4 aromatic rings. The second-order valence-electron chi connectivity index (χ2n) is 5.54. The number of benzene rings is 2. The van der Waals surface area contributed by atoms with Crippen LogP contribution < -0.4 is 5.32 Å². The van der Waals surface area contributed by atoms with E-state index in [2.05, 4.69) is 56.9 Å². The van der Waals surface area contributed by atoms with Crippen molar-refractivity contribution < 1.29 is 4.42 Å². The van der Waals surface area contributed by atoms with Gasteiger partial charge in [0.25, 0.3) is 5.89 Å². The van der Waals surface area contributed by atoms with E-state index >= 15 is 0 Å². The van der Waals surface area contributed by atoms with Crippen molar-refractivity contribution in [2.45, 2.75) is 6.92 Å². The number of hydrogen-bond donors (Lipinski definition) is 1. The molecule has 0 bridgehead atoms. The molecule has 124 valence electrons. The summed E-state index contributed by atoms with van der Waals surface area (Å²) in [6, 6.07) is 19.2. The van der Waals surface area contributed by atoms with Crippen LogP contribution in [0, 0.1) is 6.92 Å². The molecule has 0 aliphatic heterocycles. The third kappa shape index (κ3) is 3.04. The average Bonchev–Trinajstić information content (AvgIpc) is 3.29. The van der Waals surface area contributed by atoms with Gasteiger partial charge >= 0.3 is 6.01 Å². The van der Waals surface area contributed by atoms with Crippen LogP contribution in [-0.2, 0) is 0 Å². The smallest absolute Gasteiger partial charge is 0.315 e. The molecular weight excluding hydrogens is 332 g/mol. The lowest BCUT2D eigenvalue weighted by atomic mass is 10.0. The largest absolute Gasteiger partial charge is 0.402 e. The second-order valence-corrected chi connectivity index (χ2v) is 6.54. The highest BCUT2D eigenvalue weighted by atomic mass is 32.1. The van der Waals surface area contributed by atoms with Crippen molar-refractivity contribution in [2.75, 3.05) is 12.4 Å². The van der Waals surface area contributed by atoms with Crippen LogP contribution in [0.3, 0.4) is 0 Å². The summed E-state index contributed by atoms with van der Waals surface area (Å²) < 4.78 is 5.56. The van der Waals surface area contributed by atoms with Gasteiger partial charge in [0.15, 0.2) is 0 Å². The fraction of sp³-hybridized carbons (Fsp3) is 0.105. The first kappa shape index (κ1) is 15.5. The van der Waals surface area contributed by atoms with Crippen molar-refractivity contribution in [3.63, 3.8) is 0 Å². The van der Waals surface area contributed by atoms with E-state index in [4.69, 9.17) is 4.42 Å². The van der Waals surface area contributed by atoms with E-state index in [1.54, 1.807) is 18.4 Å². The van der Waals surface area contributed by atoms with Crippen molar-refractivity contribution in [3.05, 3.63) is 60.3 Å². The Morgan fingerprint density at radius 1 is 0.880 bits per heavy atom. The standard InChI is InChI=1S/C19H16N4OS/c1-12-16(17-22-23-19(20-2)24-17)25-18(21-12)15-10-8-14(9-11-15)13-6-4-3-5-7-13/h3-11H,1-2H3,(H,20,23). The number of nitrogens with zero attached hydrogens (tertiary/aromatic N) is 3. The second kappa shape index (κ2) is 6.49. The topological polar surface area (TPSA) is 63.8 Å². The molecule has 5 nitrogen and oxygen atoms in total. The normalized spacial score (nSPS) is 10.8. The Labute approximate surface area is 149 Å². The number of aromatic nitrogens is 3. The van der Waals surface area contributed by atoms with E-state index in [-0.39, 0.29) is 0 Å². The highest BCUT2D eigenvalue weighted by Crippen LogP contribution is 2.35. The molecule has 0 atom stereocenters. The molecule has 0 unspecified atom stereocenters. The van der Waals surface area contributed by atoms with Crippen molar-refractivity contribution in [1.82, 2.24) is 15.2 Å². The predicted molar refractivity (Wildman–Crippen MR) is 101 cm³/mol. The molecule has 1 N–H and O–H groups in total. The van der Waals surface area contributed by atoms with E-state index < -0.39 is 0 Å². The number of thiazole rings is 1. The molecule has 25 heavy (non-hydrogen) atoms. The highest BCUT2D eigenvalue weighted by molar-refractivity contribution is 7.18. The van der Waals surface area contributed by atoms with E-state index in [9.17, 15) is 0 Å². The van der Waals surface area contributed by atoms with Gasteiger partial charge < -0.3 is 9.73 Å². The molecule has 6 heteroatoms. The molecule has 0 saturated carbocycles. The summed E-state index contributed by atoms with van der Waals surface area (Å²) in [5.74, 6) is 0.492. The lowest BCUT2D eigenvalue weighted by Crippen LogP contribution is -1.85. The lowest BCUT2D eigenvalue weighted by Gasteiger charge is -2.02. The Morgan fingerprint density at radius 2 is 1.56 bits per heavy atom. The zero-order valence-electron chi connectivity index (χ0n) is 13.9. The van der Waals surface area contributed by atoms with Crippen molar-refractivity contribution >= 4 is 17.4 Å². The summed E-state index contributed by atoms with van der Waals surface area (Å²) in [5.41, 5.74) is 4.36. The minimum Gasteiger partial charge on any atom is -0.402 e. The first-order valence-electron chi connectivity index (χ1n) is 7.89. The molecule has 0 saturated heterocycles. The zero-order valence-corrected chi connectivity index (χ0v) is 14.7. The van der Waals surface area contributed by atoms with E-state index in [0.717, 1.165) is 21.1 Å². The molecule has 2 aromatic heterocycles. The Morgan fingerprint density at radius 3 is 2.24 bits per heavy atom. The van der Waals surface area contributed by atoms with Crippen molar-refractivity contribution in [2.24, 2.45) is 0 Å². The first-order valence-corrected chi connectivity index (χ1v) is 8.71. The molecule has 2 aromatic carbocycles. The Bertz CT molecular complexity index is 990. The summed E-state index contributed by atoms with van der Waals surface area (Å²) >= 11 is 1.56. The molecular formula is C19H16N4OS. The maximum atomic E-state index is 5.56. The third-order valence-corrected chi connectivity index (χ3v) is 5.06. The SMILES string of the molecule is CNc1nnc(-c2sc(-c3ccc(-c4ccccc4)cc3)nc2C)o1. The summed E-state index contributed by atoms with van der Waals surface area (Å²) in [4.78, 5) is 5.56. The summed E-state index contributed by atoms with van der Waals surface area (Å²) in [7, 11) is 1.75. The number of nitrogens with one attached hydrogen (secondary N) is 1. The van der Waals surface area contributed by atoms with Gasteiger partial charge in [-0.25, -0.2) is 4.98 Å². The van der Waals surface area contributed by atoms with Crippen LogP contribution in [0.25, 0.3) is 32.5 Å². The van der Waals surface area contributed by atoms with Crippen LogP contribution in [-0.4, -0.2) is 22.2 Å². The molecule has 0 radical (unpaired) electrons. The van der Waals surface area contributed by atoms with Crippen LogP contribution in [0.5, 0.6) is 0 Å². The quantitative estimate of drug-likeness (QED) is 0.569. The molecule has 0 aliphatic carbocycles. The average molecular weight is 348 g/mol. The third-order valence-electron chi connectivity index (χ3n) is 3.87. The van der Waals surface area contributed by atoms with Gasteiger partial charge in [-0.15, -0.1) is 16.4 Å². The van der Waals surface area contributed by atoms with Gasteiger partial charge in [-0.2, -0.15) is 0 Å². The number of hydrogen-bond acceptors (Lipinski definition) is 6.